The fourth-order valence-corrected chi connectivity index (χ4v) is 4.00. The molecule has 3 rings (SSSR count). The summed E-state index contributed by atoms with van der Waals surface area (Å²) in [6.45, 7) is 5.46. The monoisotopic (exact) mass is 402 g/mol. The second kappa shape index (κ2) is 5.48. The number of aromatic nitrogens is 2. The topological polar surface area (TPSA) is 17.8 Å². The summed E-state index contributed by atoms with van der Waals surface area (Å²) in [6, 6.07) is 6.48. The Labute approximate surface area is 139 Å². The van der Waals surface area contributed by atoms with Crippen molar-refractivity contribution in [3.05, 3.63) is 27.6 Å². The van der Waals surface area contributed by atoms with Crippen LogP contribution in [0.4, 0.5) is 0 Å². The van der Waals surface area contributed by atoms with Crippen LogP contribution in [-0.4, -0.2) is 9.55 Å². The minimum atomic E-state index is -0.0509. The third-order valence-corrected chi connectivity index (χ3v) is 5.31. The van der Waals surface area contributed by atoms with E-state index in [0.29, 0.717) is 5.41 Å². The lowest BCUT2D eigenvalue weighted by Gasteiger charge is -2.26. The molecule has 0 bridgehead atoms. The highest BCUT2D eigenvalue weighted by Gasteiger charge is 2.31. The molecule has 1 aromatic carbocycles. The smallest absolute Gasteiger partial charge is 0.127 e. The molecule has 0 saturated heterocycles. The van der Waals surface area contributed by atoms with Gasteiger partial charge in [0.15, 0.2) is 0 Å². The zero-order chi connectivity index (χ0) is 14.3. The first-order valence-corrected chi connectivity index (χ1v) is 8.80. The quantitative estimate of drug-likeness (QED) is 0.488. The third kappa shape index (κ3) is 2.71. The van der Waals surface area contributed by atoms with Crippen LogP contribution in [-0.2, 0) is 6.54 Å². The Hall–Kier alpha value is -0.290. The normalized spacial score (nSPS) is 19.6. The molecule has 0 aliphatic heterocycles. The lowest BCUT2D eigenvalue weighted by Crippen LogP contribution is -2.21. The molecule has 4 heteroatoms. The lowest BCUT2D eigenvalue weighted by molar-refractivity contribution is 0.281. The number of fused-ring (bicyclic) bond motifs is 1. The maximum atomic E-state index is 6.37. The van der Waals surface area contributed by atoms with Gasteiger partial charge in [-0.15, -0.1) is 11.6 Å². The second-order valence-corrected chi connectivity index (χ2v) is 8.22. The van der Waals surface area contributed by atoms with E-state index < -0.39 is 0 Å². The summed E-state index contributed by atoms with van der Waals surface area (Å²) >= 11 is 8.70. The molecule has 1 aromatic heterocycles. The average Bonchev–Trinajstić information content (AvgIpc) is 2.94. The first-order chi connectivity index (χ1) is 9.48. The van der Waals surface area contributed by atoms with E-state index in [1.54, 1.807) is 0 Å². The highest BCUT2D eigenvalue weighted by molar-refractivity contribution is 14.1. The van der Waals surface area contributed by atoms with Crippen LogP contribution >= 0.6 is 34.2 Å². The Morgan fingerprint density at radius 1 is 1.40 bits per heavy atom. The van der Waals surface area contributed by atoms with Crippen molar-refractivity contribution in [2.45, 2.75) is 51.5 Å². The minimum absolute atomic E-state index is 0.0509. The van der Waals surface area contributed by atoms with Crippen LogP contribution in [0.1, 0.15) is 50.7 Å². The maximum Gasteiger partial charge on any atom is 0.127 e. The van der Waals surface area contributed by atoms with E-state index in [1.807, 2.05) is 6.92 Å². The number of nitrogens with zero attached hydrogens (tertiary/aromatic N) is 2. The molecule has 1 saturated carbocycles. The summed E-state index contributed by atoms with van der Waals surface area (Å²) in [4.78, 5) is 4.77. The zero-order valence-electron chi connectivity index (χ0n) is 12.0. The predicted molar refractivity (Wildman–Crippen MR) is 93.3 cm³/mol. The van der Waals surface area contributed by atoms with Gasteiger partial charge >= 0.3 is 0 Å². The third-order valence-electron chi connectivity index (χ3n) is 4.45. The van der Waals surface area contributed by atoms with Crippen LogP contribution in [0.3, 0.4) is 0 Å². The first kappa shape index (κ1) is 14.6. The molecule has 1 atom stereocenters. The minimum Gasteiger partial charge on any atom is -0.326 e. The highest BCUT2D eigenvalue weighted by Crippen LogP contribution is 2.40. The van der Waals surface area contributed by atoms with Crippen LogP contribution in [0, 0.1) is 8.99 Å². The van der Waals surface area contributed by atoms with Crippen LogP contribution in [0.25, 0.3) is 11.0 Å². The molecule has 108 valence electrons. The van der Waals surface area contributed by atoms with E-state index in [2.05, 4.69) is 52.3 Å². The molecule has 0 amide bonds. The molecule has 1 aliphatic carbocycles. The van der Waals surface area contributed by atoms with Gasteiger partial charge in [-0.05, 0) is 66.0 Å². The van der Waals surface area contributed by atoms with Crippen LogP contribution in [0.5, 0.6) is 0 Å². The Balaban J connectivity index is 2.09. The summed E-state index contributed by atoms with van der Waals surface area (Å²) in [5.74, 6) is 1.01. The molecular weight excluding hydrogens is 383 g/mol. The highest BCUT2D eigenvalue weighted by atomic mass is 127. The Morgan fingerprint density at radius 3 is 2.75 bits per heavy atom. The summed E-state index contributed by atoms with van der Waals surface area (Å²) in [5.41, 5.74) is 2.69. The van der Waals surface area contributed by atoms with Gasteiger partial charge in [0, 0.05) is 10.1 Å². The Morgan fingerprint density at radius 2 is 2.10 bits per heavy atom. The van der Waals surface area contributed by atoms with Crippen LogP contribution in [0.2, 0.25) is 0 Å². The number of hydrogen-bond donors (Lipinski definition) is 0. The van der Waals surface area contributed by atoms with Gasteiger partial charge in [-0.1, -0.05) is 19.8 Å². The number of rotatable bonds is 3. The van der Waals surface area contributed by atoms with Crippen molar-refractivity contribution in [3.8, 4) is 0 Å². The molecular formula is C16H20ClIN2. The number of imidazole rings is 1. The molecule has 1 heterocycles. The molecule has 20 heavy (non-hydrogen) atoms. The molecule has 1 fully saturated rings. The van der Waals surface area contributed by atoms with Crippen molar-refractivity contribution in [1.29, 1.82) is 0 Å². The molecule has 1 unspecified atom stereocenters. The molecule has 0 spiro atoms. The summed E-state index contributed by atoms with van der Waals surface area (Å²) in [5, 5.41) is -0.0509. The average molecular weight is 403 g/mol. The number of hydrogen-bond acceptors (Lipinski definition) is 1. The van der Waals surface area contributed by atoms with E-state index in [1.165, 1.54) is 34.8 Å². The van der Waals surface area contributed by atoms with Gasteiger partial charge in [0.05, 0.1) is 16.4 Å². The van der Waals surface area contributed by atoms with Gasteiger partial charge < -0.3 is 4.57 Å². The van der Waals surface area contributed by atoms with Gasteiger partial charge in [0.1, 0.15) is 5.82 Å². The zero-order valence-corrected chi connectivity index (χ0v) is 14.9. The van der Waals surface area contributed by atoms with E-state index in [-0.39, 0.29) is 5.38 Å². The molecule has 1 aliphatic rings. The molecule has 2 aromatic rings. The number of alkyl halides is 1. The van der Waals surface area contributed by atoms with E-state index >= 15 is 0 Å². The van der Waals surface area contributed by atoms with Gasteiger partial charge in [0.25, 0.3) is 0 Å². The van der Waals surface area contributed by atoms with Gasteiger partial charge in [-0.2, -0.15) is 0 Å². The maximum absolute atomic E-state index is 6.37. The Kier molecular flexibility index (Phi) is 4.01. The van der Waals surface area contributed by atoms with Crippen molar-refractivity contribution in [3.63, 3.8) is 0 Å². The number of halogens is 2. The first-order valence-electron chi connectivity index (χ1n) is 7.28. The van der Waals surface area contributed by atoms with Crippen molar-refractivity contribution in [2.75, 3.05) is 0 Å². The Bertz CT molecular complexity index is 627. The number of benzene rings is 1. The second-order valence-electron chi connectivity index (χ2n) is 6.32. The molecule has 2 nitrogen and oxygen atoms in total. The van der Waals surface area contributed by atoms with E-state index in [9.17, 15) is 0 Å². The lowest BCUT2D eigenvalue weighted by atomic mass is 9.88. The summed E-state index contributed by atoms with van der Waals surface area (Å²) < 4.78 is 3.58. The van der Waals surface area contributed by atoms with Gasteiger partial charge in [0.2, 0.25) is 0 Å². The van der Waals surface area contributed by atoms with Crippen LogP contribution in [0.15, 0.2) is 18.2 Å². The fraction of sp³-hybridized carbons (Fsp3) is 0.562. The van der Waals surface area contributed by atoms with Gasteiger partial charge in [-0.3, -0.25) is 0 Å². The molecule has 0 N–H and O–H groups in total. The standard InChI is InChI=1S/C16H20ClIN2/c1-11(17)15-19-13-9-12(18)5-6-14(13)20(15)10-16(2)7-3-4-8-16/h5-6,9,11H,3-4,7-8,10H2,1-2H3. The largest absolute Gasteiger partial charge is 0.326 e. The van der Waals surface area contributed by atoms with Crippen molar-refractivity contribution in [1.82, 2.24) is 9.55 Å². The van der Waals surface area contributed by atoms with Crippen molar-refractivity contribution in [2.24, 2.45) is 5.41 Å². The van der Waals surface area contributed by atoms with Crippen LogP contribution < -0.4 is 0 Å². The van der Waals surface area contributed by atoms with E-state index in [4.69, 9.17) is 16.6 Å². The SMILES string of the molecule is CC(Cl)c1nc2cc(I)ccc2n1CC1(C)CCCC1. The fourth-order valence-electron chi connectivity index (χ4n) is 3.36. The van der Waals surface area contributed by atoms with Crippen molar-refractivity contribution < 1.29 is 0 Å². The van der Waals surface area contributed by atoms with Gasteiger partial charge in [-0.25, -0.2) is 4.98 Å². The molecule has 0 radical (unpaired) electrons. The predicted octanol–water partition coefficient (Wildman–Crippen LogP) is 5.52. The van der Waals surface area contributed by atoms with E-state index in [0.717, 1.165) is 17.9 Å². The summed E-state index contributed by atoms with van der Waals surface area (Å²) in [7, 11) is 0. The van der Waals surface area contributed by atoms with Crippen molar-refractivity contribution >= 4 is 45.2 Å². The summed E-state index contributed by atoms with van der Waals surface area (Å²) in [6.07, 6.45) is 5.33.